The SMILES string of the molecule is Nc1ccc(=O)n(CC(=O)N[C@H](CO)c2ccccc2)c1. The molecule has 6 heteroatoms. The van der Waals surface area contributed by atoms with E-state index in [-0.39, 0.29) is 24.6 Å². The third-order valence-corrected chi connectivity index (χ3v) is 3.04. The number of carbonyl (C=O) groups excluding carboxylic acids is 1. The molecule has 0 aliphatic heterocycles. The van der Waals surface area contributed by atoms with Gasteiger partial charge in [-0.05, 0) is 11.6 Å². The van der Waals surface area contributed by atoms with E-state index in [9.17, 15) is 14.7 Å². The Hall–Kier alpha value is -2.60. The Balaban J connectivity index is 2.07. The number of rotatable bonds is 5. The Bertz CT molecular complexity index is 667. The van der Waals surface area contributed by atoms with Crippen LogP contribution in [0.1, 0.15) is 11.6 Å². The average Bonchev–Trinajstić information content (AvgIpc) is 2.49. The zero-order valence-electron chi connectivity index (χ0n) is 11.4. The third kappa shape index (κ3) is 3.93. The van der Waals surface area contributed by atoms with Crippen LogP contribution < -0.4 is 16.6 Å². The summed E-state index contributed by atoms with van der Waals surface area (Å²) >= 11 is 0. The fraction of sp³-hybridized carbons (Fsp3) is 0.200. The lowest BCUT2D eigenvalue weighted by molar-refractivity contribution is -0.122. The lowest BCUT2D eigenvalue weighted by atomic mass is 10.1. The van der Waals surface area contributed by atoms with Gasteiger partial charge in [0.15, 0.2) is 0 Å². The van der Waals surface area contributed by atoms with Crippen molar-refractivity contribution in [3.05, 3.63) is 64.6 Å². The Labute approximate surface area is 121 Å². The van der Waals surface area contributed by atoms with Gasteiger partial charge < -0.3 is 20.7 Å². The molecule has 1 aromatic heterocycles. The number of carbonyl (C=O) groups is 1. The van der Waals surface area contributed by atoms with Gasteiger partial charge in [-0.25, -0.2) is 0 Å². The fourth-order valence-electron chi connectivity index (χ4n) is 1.99. The molecule has 0 saturated carbocycles. The predicted molar refractivity (Wildman–Crippen MR) is 79.5 cm³/mol. The van der Waals surface area contributed by atoms with Crippen molar-refractivity contribution in [2.45, 2.75) is 12.6 Å². The molecule has 0 saturated heterocycles. The Morgan fingerprint density at radius 3 is 2.62 bits per heavy atom. The Kier molecular flexibility index (Phi) is 4.73. The molecule has 0 spiro atoms. The van der Waals surface area contributed by atoms with Crippen LogP contribution in [0.4, 0.5) is 5.69 Å². The molecule has 6 nitrogen and oxygen atoms in total. The maximum absolute atomic E-state index is 12.0. The number of hydrogen-bond donors (Lipinski definition) is 3. The molecule has 1 aromatic carbocycles. The first-order chi connectivity index (χ1) is 10.1. The summed E-state index contributed by atoms with van der Waals surface area (Å²) < 4.78 is 1.23. The minimum absolute atomic E-state index is 0.146. The van der Waals surface area contributed by atoms with Crippen molar-refractivity contribution in [2.75, 3.05) is 12.3 Å². The van der Waals surface area contributed by atoms with E-state index in [4.69, 9.17) is 5.73 Å². The first-order valence-electron chi connectivity index (χ1n) is 6.51. The average molecular weight is 287 g/mol. The zero-order chi connectivity index (χ0) is 15.2. The second kappa shape index (κ2) is 6.71. The van der Waals surface area contributed by atoms with Crippen LogP contribution in [0.15, 0.2) is 53.5 Å². The minimum atomic E-state index is -0.504. The highest BCUT2D eigenvalue weighted by Crippen LogP contribution is 2.11. The van der Waals surface area contributed by atoms with Crippen molar-refractivity contribution in [1.82, 2.24) is 9.88 Å². The van der Waals surface area contributed by atoms with E-state index in [1.807, 2.05) is 30.3 Å². The Morgan fingerprint density at radius 2 is 1.95 bits per heavy atom. The molecule has 110 valence electrons. The second-order valence-electron chi connectivity index (χ2n) is 4.64. The van der Waals surface area contributed by atoms with Crippen LogP contribution in [0.3, 0.4) is 0 Å². The first-order valence-corrected chi connectivity index (χ1v) is 6.51. The number of nitrogen functional groups attached to an aromatic ring is 1. The number of hydrogen-bond acceptors (Lipinski definition) is 4. The molecule has 1 atom stereocenters. The van der Waals surface area contributed by atoms with Crippen molar-refractivity contribution in [2.24, 2.45) is 0 Å². The number of nitrogens with two attached hydrogens (primary N) is 1. The molecule has 1 heterocycles. The number of aliphatic hydroxyl groups excluding tert-OH is 1. The number of aromatic nitrogens is 1. The van der Waals surface area contributed by atoms with Gasteiger partial charge in [-0.15, -0.1) is 0 Å². The Morgan fingerprint density at radius 1 is 1.24 bits per heavy atom. The van der Waals surface area contributed by atoms with E-state index in [1.54, 1.807) is 0 Å². The zero-order valence-corrected chi connectivity index (χ0v) is 11.4. The van der Waals surface area contributed by atoms with Gasteiger partial charge in [0.1, 0.15) is 6.54 Å². The molecule has 21 heavy (non-hydrogen) atoms. The molecule has 0 fully saturated rings. The van der Waals surface area contributed by atoms with E-state index in [1.165, 1.54) is 22.9 Å². The van der Waals surface area contributed by atoms with E-state index < -0.39 is 6.04 Å². The van der Waals surface area contributed by atoms with Gasteiger partial charge in [0.25, 0.3) is 5.56 Å². The van der Waals surface area contributed by atoms with E-state index in [2.05, 4.69) is 5.32 Å². The van der Waals surface area contributed by atoms with Crippen molar-refractivity contribution >= 4 is 11.6 Å². The number of pyridine rings is 1. The number of nitrogens with one attached hydrogen (secondary N) is 1. The highest BCUT2D eigenvalue weighted by molar-refractivity contribution is 5.76. The monoisotopic (exact) mass is 287 g/mol. The molecular formula is C15H17N3O3. The molecule has 2 aromatic rings. The number of aliphatic hydroxyl groups is 1. The molecule has 0 aliphatic rings. The van der Waals surface area contributed by atoms with Crippen LogP contribution >= 0.6 is 0 Å². The number of anilines is 1. The molecule has 0 radical (unpaired) electrons. The van der Waals surface area contributed by atoms with Gasteiger partial charge in [0.05, 0.1) is 12.6 Å². The summed E-state index contributed by atoms with van der Waals surface area (Å²) in [6, 6.07) is 11.4. The largest absolute Gasteiger partial charge is 0.398 e. The number of nitrogens with zero attached hydrogens (tertiary/aromatic N) is 1. The van der Waals surface area contributed by atoms with E-state index in [0.717, 1.165) is 5.56 Å². The normalized spacial score (nSPS) is 11.9. The summed E-state index contributed by atoms with van der Waals surface area (Å²) in [5, 5.41) is 12.1. The van der Waals surface area contributed by atoms with Crippen LogP contribution in [-0.2, 0) is 11.3 Å². The molecule has 1 amide bonds. The number of benzene rings is 1. The van der Waals surface area contributed by atoms with Crippen molar-refractivity contribution < 1.29 is 9.90 Å². The van der Waals surface area contributed by atoms with Gasteiger partial charge in [0, 0.05) is 18.0 Å². The smallest absolute Gasteiger partial charge is 0.251 e. The van der Waals surface area contributed by atoms with Gasteiger partial charge >= 0.3 is 0 Å². The van der Waals surface area contributed by atoms with Gasteiger partial charge in [-0.3, -0.25) is 9.59 Å². The van der Waals surface area contributed by atoms with Gasteiger partial charge in [-0.1, -0.05) is 30.3 Å². The summed E-state index contributed by atoms with van der Waals surface area (Å²) in [5.41, 5.74) is 6.49. The summed E-state index contributed by atoms with van der Waals surface area (Å²) in [5.74, 6) is -0.370. The first kappa shape index (κ1) is 14.8. The van der Waals surface area contributed by atoms with Gasteiger partial charge in [0.2, 0.25) is 5.91 Å². The predicted octanol–water partition coefficient (Wildman–Crippen LogP) is 0.280. The molecule has 2 rings (SSSR count). The molecule has 0 aliphatic carbocycles. The fourth-order valence-corrected chi connectivity index (χ4v) is 1.99. The molecule has 4 N–H and O–H groups in total. The van der Waals surface area contributed by atoms with Crippen LogP contribution in [0.2, 0.25) is 0 Å². The van der Waals surface area contributed by atoms with E-state index in [0.29, 0.717) is 5.69 Å². The second-order valence-corrected chi connectivity index (χ2v) is 4.64. The van der Waals surface area contributed by atoms with E-state index >= 15 is 0 Å². The molecular weight excluding hydrogens is 270 g/mol. The molecule has 0 bridgehead atoms. The lowest BCUT2D eigenvalue weighted by Gasteiger charge is -2.17. The van der Waals surface area contributed by atoms with Crippen LogP contribution in [-0.4, -0.2) is 22.2 Å². The quantitative estimate of drug-likeness (QED) is 0.736. The number of amides is 1. The standard InChI is InChI=1S/C15H17N3O3/c16-12-6-7-15(21)18(8-12)9-14(20)17-13(10-19)11-4-2-1-3-5-11/h1-8,13,19H,9-10,16H2,(H,17,20)/t13-/m1/s1. The summed E-state index contributed by atoms with van der Waals surface area (Å²) in [6.45, 7) is -0.366. The van der Waals surface area contributed by atoms with Crippen molar-refractivity contribution in [1.29, 1.82) is 0 Å². The van der Waals surface area contributed by atoms with Gasteiger partial charge in [-0.2, -0.15) is 0 Å². The lowest BCUT2D eigenvalue weighted by Crippen LogP contribution is -2.35. The van der Waals surface area contributed by atoms with Crippen LogP contribution in [0.5, 0.6) is 0 Å². The maximum atomic E-state index is 12.0. The highest BCUT2D eigenvalue weighted by atomic mass is 16.3. The summed E-state index contributed by atoms with van der Waals surface area (Å²) in [6.07, 6.45) is 1.42. The van der Waals surface area contributed by atoms with Crippen molar-refractivity contribution in [3.63, 3.8) is 0 Å². The molecule has 0 unspecified atom stereocenters. The van der Waals surface area contributed by atoms with Crippen LogP contribution in [0.25, 0.3) is 0 Å². The maximum Gasteiger partial charge on any atom is 0.251 e. The van der Waals surface area contributed by atoms with Crippen LogP contribution in [0, 0.1) is 0 Å². The minimum Gasteiger partial charge on any atom is -0.398 e. The topological polar surface area (TPSA) is 97.4 Å². The van der Waals surface area contributed by atoms with Crippen molar-refractivity contribution in [3.8, 4) is 0 Å². The summed E-state index contributed by atoms with van der Waals surface area (Å²) in [4.78, 5) is 23.6. The summed E-state index contributed by atoms with van der Waals surface area (Å²) in [7, 11) is 0. The third-order valence-electron chi connectivity index (χ3n) is 3.04. The highest BCUT2D eigenvalue weighted by Gasteiger charge is 2.13.